The molecule has 0 unspecified atom stereocenters. The number of rotatable bonds is 7. The van der Waals surface area contributed by atoms with Crippen LogP contribution in [0, 0.1) is 11.3 Å². The van der Waals surface area contributed by atoms with Crippen LogP contribution in [0.5, 0.6) is 0 Å². The summed E-state index contributed by atoms with van der Waals surface area (Å²) in [4.78, 5) is 4.07. The molecule has 0 aliphatic carbocycles. The fourth-order valence-electron chi connectivity index (χ4n) is 2.00. The first-order valence-corrected chi connectivity index (χ1v) is 8.76. The van der Waals surface area contributed by atoms with Gasteiger partial charge in [0.05, 0.1) is 11.5 Å². The largest absolute Gasteiger partial charge is 0.370 e. The average Bonchev–Trinajstić information content (AvgIpc) is 2.52. The fraction of sp³-hybridized carbons (Fsp3) is 0.250. The highest BCUT2D eigenvalue weighted by Gasteiger charge is 2.11. The molecule has 0 atom stereocenters. The van der Waals surface area contributed by atoms with Crippen molar-refractivity contribution in [2.45, 2.75) is 12.2 Å². The SMILES string of the molecule is N#Cc1cccc(NCCCS(=O)(=O)Cc2ccccc2)n1. The molecule has 1 heterocycles. The van der Waals surface area contributed by atoms with Crippen LogP contribution in [0.3, 0.4) is 0 Å². The molecular formula is C16H17N3O2S. The Balaban J connectivity index is 1.79. The van der Waals surface area contributed by atoms with E-state index < -0.39 is 9.84 Å². The summed E-state index contributed by atoms with van der Waals surface area (Å²) in [7, 11) is -3.11. The zero-order chi connectivity index (χ0) is 15.8. The third-order valence-electron chi connectivity index (χ3n) is 3.03. The maximum Gasteiger partial charge on any atom is 0.154 e. The van der Waals surface area contributed by atoms with E-state index in [4.69, 9.17) is 5.26 Å². The molecule has 6 heteroatoms. The van der Waals surface area contributed by atoms with E-state index in [2.05, 4.69) is 10.3 Å². The van der Waals surface area contributed by atoms with Crippen molar-refractivity contribution in [2.24, 2.45) is 0 Å². The van der Waals surface area contributed by atoms with Gasteiger partial charge in [-0.25, -0.2) is 13.4 Å². The first-order chi connectivity index (χ1) is 10.6. The Labute approximate surface area is 130 Å². The van der Waals surface area contributed by atoms with Gasteiger partial charge in [0.2, 0.25) is 0 Å². The Hall–Kier alpha value is -2.39. The number of anilines is 1. The molecule has 2 rings (SSSR count). The second kappa shape index (κ2) is 7.57. The summed E-state index contributed by atoms with van der Waals surface area (Å²) in [6.07, 6.45) is 0.494. The van der Waals surface area contributed by atoms with Gasteiger partial charge in [-0.2, -0.15) is 5.26 Å². The highest BCUT2D eigenvalue weighted by atomic mass is 32.2. The molecule has 2 aromatic rings. The Morgan fingerprint density at radius 3 is 2.59 bits per heavy atom. The molecule has 0 aliphatic heterocycles. The number of nitrogens with zero attached hydrogens (tertiary/aromatic N) is 2. The number of nitriles is 1. The molecular weight excluding hydrogens is 298 g/mol. The minimum absolute atomic E-state index is 0.0655. The van der Waals surface area contributed by atoms with Crippen LogP contribution in [0.25, 0.3) is 0 Å². The minimum atomic E-state index is -3.11. The average molecular weight is 315 g/mol. The van der Waals surface area contributed by atoms with Crippen LogP contribution in [0.15, 0.2) is 48.5 Å². The molecule has 0 saturated heterocycles. The van der Waals surface area contributed by atoms with Gasteiger partial charge in [0.15, 0.2) is 9.84 Å². The Morgan fingerprint density at radius 1 is 1.09 bits per heavy atom. The number of hydrogen-bond acceptors (Lipinski definition) is 5. The van der Waals surface area contributed by atoms with Crippen LogP contribution < -0.4 is 5.32 Å². The molecule has 1 N–H and O–H groups in total. The standard InChI is InChI=1S/C16H17N3O2S/c17-12-15-8-4-9-16(19-15)18-10-5-11-22(20,21)13-14-6-2-1-3-7-14/h1-4,6-9H,5,10-11,13H2,(H,18,19). The van der Waals surface area contributed by atoms with Gasteiger partial charge in [0.25, 0.3) is 0 Å². The topological polar surface area (TPSA) is 82.9 Å². The zero-order valence-electron chi connectivity index (χ0n) is 12.1. The summed E-state index contributed by atoms with van der Waals surface area (Å²) in [5, 5.41) is 11.8. The molecule has 0 bridgehead atoms. The maximum atomic E-state index is 12.0. The van der Waals surface area contributed by atoms with Gasteiger partial charge in [0.1, 0.15) is 17.6 Å². The quantitative estimate of drug-likeness (QED) is 0.793. The predicted molar refractivity (Wildman–Crippen MR) is 86.0 cm³/mol. The molecule has 22 heavy (non-hydrogen) atoms. The van der Waals surface area contributed by atoms with Crippen molar-refractivity contribution in [1.29, 1.82) is 5.26 Å². The lowest BCUT2D eigenvalue weighted by atomic mass is 10.2. The number of sulfone groups is 1. The third kappa shape index (κ3) is 5.19. The Morgan fingerprint density at radius 2 is 1.86 bits per heavy atom. The lowest BCUT2D eigenvalue weighted by Crippen LogP contribution is -2.13. The lowest BCUT2D eigenvalue weighted by molar-refractivity contribution is 0.593. The van der Waals surface area contributed by atoms with E-state index >= 15 is 0 Å². The summed E-state index contributed by atoms with van der Waals surface area (Å²) >= 11 is 0. The van der Waals surface area contributed by atoms with Crippen molar-refractivity contribution in [2.75, 3.05) is 17.6 Å². The van der Waals surface area contributed by atoms with E-state index in [0.717, 1.165) is 5.56 Å². The molecule has 1 aromatic carbocycles. The van der Waals surface area contributed by atoms with Crippen molar-refractivity contribution >= 4 is 15.7 Å². The Bertz CT molecular complexity index is 752. The van der Waals surface area contributed by atoms with E-state index in [1.807, 2.05) is 36.4 Å². The van der Waals surface area contributed by atoms with Crippen LogP contribution >= 0.6 is 0 Å². The maximum absolute atomic E-state index is 12.0. The summed E-state index contributed by atoms with van der Waals surface area (Å²) in [6, 6.07) is 16.2. The molecule has 0 saturated carbocycles. The molecule has 0 spiro atoms. The van der Waals surface area contributed by atoms with Gasteiger partial charge in [-0.3, -0.25) is 0 Å². The first-order valence-electron chi connectivity index (χ1n) is 6.94. The van der Waals surface area contributed by atoms with Gasteiger partial charge in [0, 0.05) is 6.54 Å². The number of benzene rings is 1. The lowest BCUT2D eigenvalue weighted by Gasteiger charge is -2.07. The van der Waals surface area contributed by atoms with Crippen molar-refractivity contribution in [1.82, 2.24) is 4.98 Å². The monoisotopic (exact) mass is 315 g/mol. The van der Waals surface area contributed by atoms with Crippen molar-refractivity contribution in [3.8, 4) is 6.07 Å². The van der Waals surface area contributed by atoms with Gasteiger partial charge in [-0.15, -0.1) is 0 Å². The smallest absolute Gasteiger partial charge is 0.154 e. The van der Waals surface area contributed by atoms with Crippen molar-refractivity contribution in [3.05, 3.63) is 59.8 Å². The molecule has 0 aliphatic rings. The van der Waals surface area contributed by atoms with Gasteiger partial charge < -0.3 is 5.32 Å². The predicted octanol–water partition coefficient (Wildman–Crippen LogP) is 2.37. The van der Waals surface area contributed by atoms with Crippen LogP contribution in [0.2, 0.25) is 0 Å². The first kappa shape index (κ1) is 16.0. The molecule has 1 aromatic heterocycles. The van der Waals surface area contributed by atoms with E-state index in [0.29, 0.717) is 24.5 Å². The molecule has 0 amide bonds. The molecule has 0 radical (unpaired) electrons. The van der Waals surface area contributed by atoms with Crippen LogP contribution in [0.4, 0.5) is 5.82 Å². The highest BCUT2D eigenvalue weighted by molar-refractivity contribution is 7.90. The van der Waals surface area contributed by atoms with Gasteiger partial charge in [-0.05, 0) is 24.1 Å². The normalized spacial score (nSPS) is 10.9. The van der Waals surface area contributed by atoms with Crippen molar-refractivity contribution < 1.29 is 8.42 Å². The summed E-state index contributed by atoms with van der Waals surface area (Å²) in [5.41, 5.74) is 1.14. The van der Waals surface area contributed by atoms with E-state index in [1.54, 1.807) is 18.2 Å². The second-order valence-electron chi connectivity index (χ2n) is 4.88. The summed E-state index contributed by atoms with van der Waals surface area (Å²) < 4.78 is 24.1. The van der Waals surface area contributed by atoms with Crippen LogP contribution in [0.1, 0.15) is 17.7 Å². The fourth-order valence-corrected chi connectivity index (χ4v) is 3.43. The van der Waals surface area contributed by atoms with Gasteiger partial charge in [-0.1, -0.05) is 36.4 Å². The molecule has 5 nitrogen and oxygen atoms in total. The second-order valence-corrected chi connectivity index (χ2v) is 7.06. The van der Waals surface area contributed by atoms with E-state index in [-0.39, 0.29) is 11.5 Å². The Kier molecular flexibility index (Phi) is 5.50. The number of hydrogen-bond donors (Lipinski definition) is 1. The third-order valence-corrected chi connectivity index (χ3v) is 4.72. The van der Waals surface area contributed by atoms with Gasteiger partial charge >= 0.3 is 0 Å². The number of nitrogens with one attached hydrogen (secondary N) is 1. The van der Waals surface area contributed by atoms with Crippen molar-refractivity contribution in [3.63, 3.8) is 0 Å². The molecule has 0 fully saturated rings. The summed E-state index contributed by atoms with van der Waals surface area (Å²) in [6.45, 7) is 0.496. The van der Waals surface area contributed by atoms with Crippen LogP contribution in [-0.4, -0.2) is 25.7 Å². The molecule has 114 valence electrons. The van der Waals surface area contributed by atoms with E-state index in [1.165, 1.54) is 0 Å². The van der Waals surface area contributed by atoms with E-state index in [9.17, 15) is 8.42 Å². The number of aromatic nitrogens is 1. The number of pyridine rings is 1. The summed E-state index contributed by atoms with van der Waals surface area (Å²) in [5.74, 6) is 0.766. The minimum Gasteiger partial charge on any atom is -0.370 e. The van der Waals surface area contributed by atoms with Crippen LogP contribution in [-0.2, 0) is 15.6 Å². The highest BCUT2D eigenvalue weighted by Crippen LogP contribution is 2.08. The zero-order valence-corrected chi connectivity index (χ0v) is 12.9.